The van der Waals surface area contributed by atoms with E-state index in [0.717, 1.165) is 5.76 Å². The second kappa shape index (κ2) is 6.06. The summed E-state index contributed by atoms with van der Waals surface area (Å²) < 4.78 is 5.19. The maximum Gasteiger partial charge on any atom is 0.321 e. The molecule has 1 aromatic carbocycles. The van der Waals surface area contributed by atoms with Gasteiger partial charge in [0.15, 0.2) is 5.78 Å². The van der Waals surface area contributed by atoms with Gasteiger partial charge in [0.05, 0.1) is 12.8 Å². The molecule has 0 saturated carbocycles. The van der Waals surface area contributed by atoms with Crippen molar-refractivity contribution in [2.75, 3.05) is 12.4 Å². The first kappa shape index (κ1) is 13.9. The van der Waals surface area contributed by atoms with E-state index >= 15 is 0 Å². The number of hydrogen-bond acceptors (Lipinski definition) is 3. The third-order valence-corrected chi connectivity index (χ3v) is 2.86. The Bertz CT molecular complexity index is 588. The van der Waals surface area contributed by atoms with E-state index in [1.165, 1.54) is 11.8 Å². The van der Waals surface area contributed by atoms with Crippen LogP contribution in [0, 0.1) is 0 Å². The molecule has 0 bridgehead atoms. The van der Waals surface area contributed by atoms with Crippen LogP contribution in [-0.4, -0.2) is 23.8 Å². The van der Waals surface area contributed by atoms with E-state index in [1.54, 1.807) is 43.6 Å². The second-order valence-corrected chi connectivity index (χ2v) is 4.50. The van der Waals surface area contributed by atoms with Gasteiger partial charge >= 0.3 is 6.03 Å². The average Bonchev–Trinajstić information content (AvgIpc) is 2.92. The molecule has 0 aliphatic rings. The highest BCUT2D eigenvalue weighted by Gasteiger charge is 2.10. The largest absolute Gasteiger partial charge is 0.467 e. The Morgan fingerprint density at radius 1 is 1.20 bits per heavy atom. The van der Waals surface area contributed by atoms with Crippen LogP contribution in [0.1, 0.15) is 23.0 Å². The van der Waals surface area contributed by atoms with Gasteiger partial charge in [-0.15, -0.1) is 0 Å². The number of benzene rings is 1. The molecule has 20 heavy (non-hydrogen) atoms. The molecule has 5 heteroatoms. The number of amides is 2. The van der Waals surface area contributed by atoms with E-state index in [9.17, 15) is 9.59 Å². The molecule has 0 atom stereocenters. The summed E-state index contributed by atoms with van der Waals surface area (Å²) >= 11 is 0. The molecule has 2 amide bonds. The number of anilines is 1. The number of Topliss-reactive ketones (excluding diaryl/α,β-unsaturated/α-hetero) is 1. The predicted octanol–water partition coefficient (Wildman–Crippen LogP) is 3.15. The number of carbonyl (C=O) groups excluding carboxylic acids is 2. The van der Waals surface area contributed by atoms with Crippen LogP contribution in [0.15, 0.2) is 47.1 Å². The smallest absolute Gasteiger partial charge is 0.321 e. The molecule has 0 aliphatic carbocycles. The van der Waals surface area contributed by atoms with Crippen LogP contribution < -0.4 is 5.32 Å². The van der Waals surface area contributed by atoms with Gasteiger partial charge in [0.25, 0.3) is 0 Å². The summed E-state index contributed by atoms with van der Waals surface area (Å²) in [5, 5.41) is 2.75. The highest BCUT2D eigenvalue weighted by molar-refractivity contribution is 5.95. The SMILES string of the molecule is CC(=O)c1ccc(NC(=O)N(C)Cc2ccco2)cc1. The number of urea groups is 1. The molecular weight excluding hydrogens is 256 g/mol. The summed E-state index contributed by atoms with van der Waals surface area (Å²) in [6.45, 7) is 1.90. The molecular formula is C15H16N2O3. The topological polar surface area (TPSA) is 62.6 Å². The minimum Gasteiger partial charge on any atom is -0.467 e. The maximum atomic E-state index is 12.0. The van der Waals surface area contributed by atoms with Crippen molar-refractivity contribution < 1.29 is 14.0 Å². The van der Waals surface area contributed by atoms with E-state index < -0.39 is 0 Å². The summed E-state index contributed by atoms with van der Waals surface area (Å²) in [7, 11) is 1.68. The number of nitrogens with one attached hydrogen (secondary N) is 1. The quantitative estimate of drug-likeness (QED) is 0.870. The fourth-order valence-corrected chi connectivity index (χ4v) is 1.72. The third kappa shape index (κ3) is 3.47. The predicted molar refractivity (Wildman–Crippen MR) is 75.6 cm³/mol. The zero-order chi connectivity index (χ0) is 14.5. The van der Waals surface area contributed by atoms with Gasteiger partial charge in [-0.25, -0.2) is 4.79 Å². The van der Waals surface area contributed by atoms with Gasteiger partial charge in [-0.2, -0.15) is 0 Å². The van der Waals surface area contributed by atoms with Crippen LogP contribution in [0.2, 0.25) is 0 Å². The number of ketones is 1. The monoisotopic (exact) mass is 272 g/mol. The van der Waals surface area contributed by atoms with Gasteiger partial charge in [-0.1, -0.05) is 0 Å². The Balaban J connectivity index is 1.95. The first-order valence-electron chi connectivity index (χ1n) is 6.22. The first-order valence-corrected chi connectivity index (χ1v) is 6.22. The molecule has 0 saturated heterocycles. The number of furan rings is 1. The lowest BCUT2D eigenvalue weighted by atomic mass is 10.1. The number of hydrogen-bond donors (Lipinski definition) is 1. The Kier molecular flexibility index (Phi) is 4.20. The van der Waals surface area contributed by atoms with Crippen molar-refractivity contribution >= 4 is 17.5 Å². The zero-order valence-electron chi connectivity index (χ0n) is 11.4. The van der Waals surface area contributed by atoms with Crippen LogP contribution in [0.4, 0.5) is 10.5 Å². The molecule has 1 N–H and O–H groups in total. The van der Waals surface area contributed by atoms with Crippen molar-refractivity contribution in [3.05, 3.63) is 54.0 Å². The maximum absolute atomic E-state index is 12.0. The Morgan fingerprint density at radius 3 is 2.45 bits per heavy atom. The molecule has 0 aliphatic heterocycles. The van der Waals surface area contributed by atoms with E-state index in [1.807, 2.05) is 6.07 Å². The standard InChI is InChI=1S/C15H16N2O3/c1-11(18)12-5-7-13(8-6-12)16-15(19)17(2)10-14-4-3-9-20-14/h3-9H,10H2,1-2H3,(H,16,19). The van der Waals surface area contributed by atoms with Crippen LogP contribution in [0.3, 0.4) is 0 Å². The molecule has 0 fully saturated rings. The molecule has 0 unspecified atom stereocenters. The Morgan fingerprint density at radius 2 is 1.90 bits per heavy atom. The zero-order valence-corrected chi connectivity index (χ0v) is 11.4. The van der Waals surface area contributed by atoms with Crippen molar-refractivity contribution in [3.8, 4) is 0 Å². The van der Waals surface area contributed by atoms with Crippen LogP contribution in [0.25, 0.3) is 0 Å². The van der Waals surface area contributed by atoms with Gasteiger partial charge in [0.1, 0.15) is 5.76 Å². The highest BCUT2D eigenvalue weighted by atomic mass is 16.3. The number of nitrogens with zero attached hydrogens (tertiary/aromatic N) is 1. The summed E-state index contributed by atoms with van der Waals surface area (Å²) in [6.07, 6.45) is 1.57. The fraction of sp³-hybridized carbons (Fsp3) is 0.200. The van der Waals surface area contributed by atoms with E-state index in [2.05, 4.69) is 5.32 Å². The summed E-state index contributed by atoms with van der Waals surface area (Å²) in [5.41, 5.74) is 1.26. The first-order chi connectivity index (χ1) is 9.56. The minimum atomic E-state index is -0.239. The summed E-state index contributed by atoms with van der Waals surface area (Å²) in [6, 6.07) is 10.1. The van der Waals surface area contributed by atoms with E-state index in [0.29, 0.717) is 17.8 Å². The van der Waals surface area contributed by atoms with Crippen molar-refractivity contribution in [2.45, 2.75) is 13.5 Å². The minimum absolute atomic E-state index is 0.00202. The van der Waals surface area contributed by atoms with Crippen LogP contribution >= 0.6 is 0 Å². The normalized spacial score (nSPS) is 10.1. The lowest BCUT2D eigenvalue weighted by molar-refractivity contribution is 0.101. The van der Waals surface area contributed by atoms with Crippen molar-refractivity contribution in [3.63, 3.8) is 0 Å². The Labute approximate surface area is 117 Å². The van der Waals surface area contributed by atoms with E-state index in [-0.39, 0.29) is 11.8 Å². The van der Waals surface area contributed by atoms with Gasteiger partial charge in [0, 0.05) is 18.3 Å². The molecule has 1 heterocycles. The molecule has 0 spiro atoms. The van der Waals surface area contributed by atoms with Crippen molar-refractivity contribution in [2.24, 2.45) is 0 Å². The molecule has 1 aromatic heterocycles. The lowest BCUT2D eigenvalue weighted by Crippen LogP contribution is -2.30. The van der Waals surface area contributed by atoms with Crippen LogP contribution in [0.5, 0.6) is 0 Å². The molecule has 2 rings (SSSR count). The summed E-state index contributed by atoms with van der Waals surface area (Å²) in [4.78, 5) is 24.6. The lowest BCUT2D eigenvalue weighted by Gasteiger charge is -2.16. The highest BCUT2D eigenvalue weighted by Crippen LogP contribution is 2.11. The molecule has 104 valence electrons. The van der Waals surface area contributed by atoms with Gasteiger partial charge < -0.3 is 14.6 Å². The van der Waals surface area contributed by atoms with Crippen LogP contribution in [-0.2, 0) is 6.54 Å². The number of rotatable bonds is 4. The van der Waals surface area contributed by atoms with Gasteiger partial charge in [-0.3, -0.25) is 4.79 Å². The second-order valence-electron chi connectivity index (χ2n) is 4.50. The molecule has 5 nitrogen and oxygen atoms in total. The Hall–Kier alpha value is -2.56. The number of carbonyl (C=O) groups is 2. The van der Waals surface area contributed by atoms with Crippen molar-refractivity contribution in [1.29, 1.82) is 0 Å². The molecule has 2 aromatic rings. The van der Waals surface area contributed by atoms with Gasteiger partial charge in [-0.05, 0) is 43.3 Å². The summed E-state index contributed by atoms with van der Waals surface area (Å²) in [5.74, 6) is 0.715. The van der Waals surface area contributed by atoms with E-state index in [4.69, 9.17) is 4.42 Å². The fourth-order valence-electron chi connectivity index (χ4n) is 1.72. The third-order valence-electron chi connectivity index (χ3n) is 2.86. The van der Waals surface area contributed by atoms with Crippen molar-refractivity contribution in [1.82, 2.24) is 4.90 Å². The van der Waals surface area contributed by atoms with Gasteiger partial charge in [0.2, 0.25) is 0 Å². The average molecular weight is 272 g/mol. The molecule has 0 radical (unpaired) electrons.